The lowest BCUT2D eigenvalue weighted by Gasteiger charge is -2.37. The normalized spacial score (nSPS) is 17.7. The van der Waals surface area contributed by atoms with Gasteiger partial charge in [0.25, 0.3) is 5.91 Å². The molecular weight excluding hydrogens is 554 g/mol. The van der Waals surface area contributed by atoms with Crippen LogP contribution in [0.25, 0.3) is 0 Å². The van der Waals surface area contributed by atoms with Crippen molar-refractivity contribution >= 4 is 29.8 Å². The summed E-state index contributed by atoms with van der Waals surface area (Å²) >= 11 is 0. The second-order valence-corrected chi connectivity index (χ2v) is 10.6. The minimum absolute atomic E-state index is 0.0408. The van der Waals surface area contributed by atoms with E-state index < -0.39 is 42.1 Å². The van der Waals surface area contributed by atoms with Gasteiger partial charge in [-0.15, -0.1) is 0 Å². The van der Waals surface area contributed by atoms with Gasteiger partial charge in [-0.3, -0.25) is 14.4 Å². The van der Waals surface area contributed by atoms with E-state index in [1.54, 1.807) is 0 Å². The molecule has 11 heteroatoms. The molecule has 1 aliphatic heterocycles. The number of hydrogen-bond donors (Lipinski definition) is 3. The summed E-state index contributed by atoms with van der Waals surface area (Å²) < 4.78 is 15.7. The highest BCUT2D eigenvalue weighted by atomic mass is 16.6. The predicted molar refractivity (Wildman–Crippen MR) is 157 cm³/mol. The molecule has 1 fully saturated rings. The number of ether oxygens (including phenoxy) is 3. The van der Waals surface area contributed by atoms with E-state index in [1.165, 1.54) is 6.92 Å². The molecule has 0 radical (unpaired) electrons. The van der Waals surface area contributed by atoms with Gasteiger partial charge in [0.15, 0.2) is 6.10 Å². The maximum atomic E-state index is 13.0. The van der Waals surface area contributed by atoms with E-state index in [1.807, 2.05) is 74.5 Å². The number of hydrogen-bond acceptors (Lipinski definition) is 8. The van der Waals surface area contributed by atoms with Crippen molar-refractivity contribution in [3.05, 3.63) is 71.8 Å². The molecule has 232 valence electrons. The van der Waals surface area contributed by atoms with Crippen molar-refractivity contribution in [1.82, 2.24) is 16.0 Å². The highest BCUT2D eigenvalue weighted by Gasteiger charge is 2.49. The molecule has 2 aromatic carbocycles. The van der Waals surface area contributed by atoms with E-state index in [0.29, 0.717) is 19.4 Å². The molecule has 3 N–H and O–H groups in total. The van der Waals surface area contributed by atoms with Gasteiger partial charge in [-0.2, -0.15) is 0 Å². The van der Waals surface area contributed by atoms with Gasteiger partial charge in [0.1, 0.15) is 31.2 Å². The first-order chi connectivity index (χ1) is 20.7. The summed E-state index contributed by atoms with van der Waals surface area (Å²) in [5.74, 6) is -2.26. The molecule has 0 saturated carbocycles. The van der Waals surface area contributed by atoms with Gasteiger partial charge in [0.2, 0.25) is 5.91 Å². The van der Waals surface area contributed by atoms with Crippen LogP contribution in [0.2, 0.25) is 0 Å². The second-order valence-electron chi connectivity index (χ2n) is 10.6. The molecule has 3 amide bonds. The highest BCUT2D eigenvalue weighted by molar-refractivity contribution is 5.94. The SMILES string of the molecule is CCC(C)[C@@H]1C(=O)O[C@H]1C(=O)NCCCC[C@H](NC(=O)[C@H](C)NC(=O)OCc1ccccc1)C(=O)OCc1ccccc1. The van der Waals surface area contributed by atoms with Crippen molar-refractivity contribution in [1.29, 1.82) is 0 Å². The lowest BCUT2D eigenvalue weighted by Crippen LogP contribution is -2.56. The van der Waals surface area contributed by atoms with E-state index in [0.717, 1.165) is 17.5 Å². The van der Waals surface area contributed by atoms with Gasteiger partial charge in [-0.25, -0.2) is 9.59 Å². The van der Waals surface area contributed by atoms with E-state index in [2.05, 4.69) is 16.0 Å². The fourth-order valence-corrected chi connectivity index (χ4v) is 4.50. The summed E-state index contributed by atoms with van der Waals surface area (Å²) in [5.41, 5.74) is 1.60. The molecule has 0 aliphatic carbocycles. The number of unbranched alkanes of at least 4 members (excludes halogenated alkanes) is 1. The Bertz CT molecular complexity index is 1220. The molecule has 1 unspecified atom stereocenters. The summed E-state index contributed by atoms with van der Waals surface area (Å²) in [6.45, 7) is 5.76. The Kier molecular flexibility index (Phi) is 13.0. The molecule has 0 aromatic heterocycles. The Hall–Kier alpha value is -4.41. The Morgan fingerprint density at radius 2 is 1.47 bits per heavy atom. The third kappa shape index (κ3) is 10.4. The molecule has 0 bridgehead atoms. The van der Waals surface area contributed by atoms with Crippen LogP contribution in [0.15, 0.2) is 60.7 Å². The first-order valence-corrected chi connectivity index (χ1v) is 14.7. The van der Waals surface area contributed by atoms with Crippen molar-refractivity contribution in [2.24, 2.45) is 11.8 Å². The van der Waals surface area contributed by atoms with Crippen LogP contribution in [0.4, 0.5) is 4.79 Å². The summed E-state index contributed by atoms with van der Waals surface area (Å²) in [7, 11) is 0. The van der Waals surface area contributed by atoms with Crippen molar-refractivity contribution in [3.63, 3.8) is 0 Å². The van der Waals surface area contributed by atoms with Crippen molar-refractivity contribution in [3.8, 4) is 0 Å². The van der Waals surface area contributed by atoms with Crippen LogP contribution >= 0.6 is 0 Å². The van der Waals surface area contributed by atoms with E-state index in [-0.39, 0.29) is 37.4 Å². The van der Waals surface area contributed by atoms with Crippen molar-refractivity contribution in [2.45, 2.75) is 77.9 Å². The molecule has 1 heterocycles. The Labute approximate surface area is 252 Å². The fourth-order valence-electron chi connectivity index (χ4n) is 4.50. The zero-order chi connectivity index (χ0) is 31.2. The number of benzene rings is 2. The number of carbonyl (C=O) groups is 5. The second kappa shape index (κ2) is 16.9. The third-order valence-electron chi connectivity index (χ3n) is 7.34. The molecule has 11 nitrogen and oxygen atoms in total. The van der Waals surface area contributed by atoms with Crippen LogP contribution < -0.4 is 16.0 Å². The van der Waals surface area contributed by atoms with Gasteiger partial charge in [-0.1, -0.05) is 80.9 Å². The molecule has 1 aliphatic rings. The Morgan fingerprint density at radius 1 is 0.860 bits per heavy atom. The maximum absolute atomic E-state index is 13.0. The Balaban J connectivity index is 1.48. The van der Waals surface area contributed by atoms with Crippen LogP contribution in [0.1, 0.15) is 57.6 Å². The average Bonchev–Trinajstić information content (AvgIpc) is 3.01. The molecule has 3 rings (SSSR count). The zero-order valence-corrected chi connectivity index (χ0v) is 24.9. The average molecular weight is 596 g/mol. The van der Waals surface area contributed by atoms with Crippen molar-refractivity contribution < 1.29 is 38.2 Å². The first kappa shape index (κ1) is 33.1. The quantitative estimate of drug-likeness (QED) is 0.152. The number of rotatable bonds is 16. The van der Waals surface area contributed by atoms with Crippen LogP contribution in [0.5, 0.6) is 0 Å². The van der Waals surface area contributed by atoms with Gasteiger partial charge in [0.05, 0.1) is 0 Å². The summed E-state index contributed by atoms with van der Waals surface area (Å²) in [5, 5.41) is 7.93. The minimum Gasteiger partial charge on any atom is -0.459 e. The Morgan fingerprint density at radius 3 is 2.05 bits per heavy atom. The summed E-state index contributed by atoms with van der Waals surface area (Å²) in [6, 6.07) is 16.3. The fraction of sp³-hybridized carbons (Fsp3) is 0.469. The largest absolute Gasteiger partial charge is 0.459 e. The molecule has 1 saturated heterocycles. The monoisotopic (exact) mass is 595 g/mol. The number of amides is 3. The molecule has 43 heavy (non-hydrogen) atoms. The van der Waals surface area contributed by atoms with Gasteiger partial charge in [0, 0.05) is 6.54 Å². The molecule has 2 aromatic rings. The number of esters is 2. The van der Waals surface area contributed by atoms with Gasteiger partial charge in [-0.05, 0) is 43.2 Å². The van der Waals surface area contributed by atoms with Crippen LogP contribution in [0.3, 0.4) is 0 Å². The van der Waals surface area contributed by atoms with Crippen molar-refractivity contribution in [2.75, 3.05) is 6.54 Å². The number of alkyl carbamates (subject to hydrolysis) is 1. The lowest BCUT2D eigenvalue weighted by molar-refractivity contribution is -0.193. The highest BCUT2D eigenvalue weighted by Crippen LogP contribution is 2.31. The molecule has 0 spiro atoms. The van der Waals surface area contributed by atoms with Crippen LogP contribution in [0, 0.1) is 11.8 Å². The first-order valence-electron chi connectivity index (χ1n) is 14.7. The smallest absolute Gasteiger partial charge is 0.408 e. The number of nitrogens with one attached hydrogen (secondary N) is 3. The van der Waals surface area contributed by atoms with Gasteiger partial charge >= 0.3 is 18.0 Å². The van der Waals surface area contributed by atoms with Gasteiger partial charge < -0.3 is 30.2 Å². The van der Waals surface area contributed by atoms with E-state index in [4.69, 9.17) is 14.2 Å². The standard InChI is InChI=1S/C32H41N3O8/c1-4-21(2)26-27(43-31(26)39)29(37)33-18-12-11-17-25(30(38)41-19-23-13-7-5-8-14-23)35-28(36)22(3)34-32(40)42-20-24-15-9-6-10-16-24/h5-10,13-16,21-22,25-27H,4,11-12,17-20H2,1-3H3,(H,33,37)(H,34,40)(H,35,36)/t21?,22-,25-,26-,27+/m0/s1. The molecule has 5 atom stereocenters. The minimum atomic E-state index is -0.976. The maximum Gasteiger partial charge on any atom is 0.408 e. The number of carbonyl (C=O) groups excluding carboxylic acids is 5. The van der Waals surface area contributed by atoms with E-state index >= 15 is 0 Å². The zero-order valence-electron chi connectivity index (χ0n) is 24.9. The topological polar surface area (TPSA) is 149 Å². The summed E-state index contributed by atoms with van der Waals surface area (Å²) in [6.07, 6.45) is 0.451. The predicted octanol–water partition coefficient (Wildman–Crippen LogP) is 3.40. The van der Waals surface area contributed by atoms with Crippen LogP contribution in [-0.4, -0.2) is 54.6 Å². The third-order valence-corrected chi connectivity index (χ3v) is 7.34. The van der Waals surface area contributed by atoms with Crippen LogP contribution in [-0.2, 0) is 46.6 Å². The number of cyclic esters (lactones) is 1. The van der Waals surface area contributed by atoms with E-state index in [9.17, 15) is 24.0 Å². The summed E-state index contributed by atoms with van der Waals surface area (Å²) in [4.78, 5) is 62.3. The lowest BCUT2D eigenvalue weighted by atomic mass is 9.83. The molecular formula is C32H41N3O8.